The molecule has 21 heavy (non-hydrogen) atoms. The van der Waals surface area contributed by atoms with Crippen LogP contribution in [0.25, 0.3) is 0 Å². The van der Waals surface area contributed by atoms with E-state index in [0.717, 1.165) is 12.8 Å². The highest BCUT2D eigenvalue weighted by atomic mass is 16.3. The van der Waals surface area contributed by atoms with Crippen LogP contribution in [-0.4, -0.2) is 6.10 Å². The van der Waals surface area contributed by atoms with Crippen molar-refractivity contribution in [1.82, 2.24) is 0 Å². The van der Waals surface area contributed by atoms with Gasteiger partial charge in [0.05, 0.1) is 6.10 Å². The van der Waals surface area contributed by atoms with Crippen LogP contribution in [0.15, 0.2) is 0 Å². The average Bonchev–Trinajstić information content (AvgIpc) is 2.46. The Labute approximate surface area is 134 Å². The summed E-state index contributed by atoms with van der Waals surface area (Å²) in [6.07, 6.45) is 22.9. The van der Waals surface area contributed by atoms with E-state index in [9.17, 15) is 5.11 Å². The van der Waals surface area contributed by atoms with E-state index in [1.165, 1.54) is 96.3 Å². The second-order valence-corrected chi connectivity index (χ2v) is 6.90. The highest BCUT2D eigenvalue weighted by molar-refractivity contribution is 4.51. The maximum atomic E-state index is 10.9. The molecule has 0 aliphatic carbocycles. The molecule has 0 saturated heterocycles. The molecule has 1 atom stereocenters. The molecule has 0 spiro atoms. The molecule has 0 amide bonds. The highest BCUT2D eigenvalue weighted by Gasteiger charge is 1.97. The monoisotopic (exact) mass is 297 g/mol. The molecule has 1 unspecified atom stereocenters. The summed E-state index contributed by atoms with van der Waals surface area (Å²) in [7, 11) is 0. The summed E-state index contributed by atoms with van der Waals surface area (Å²) in [5, 5.41) is 10.9. The summed E-state index contributed by atoms with van der Waals surface area (Å²) in [6, 6.07) is 0. The molecule has 0 N–H and O–H groups in total. The predicted octanol–water partition coefficient (Wildman–Crippen LogP) is 7.46. The zero-order chi connectivity index (χ0) is 15.6. The minimum absolute atomic E-state index is 0.350. The van der Waals surface area contributed by atoms with Gasteiger partial charge in [-0.25, -0.2) is 5.11 Å². The molecular formula is C20H41O. The lowest BCUT2D eigenvalue weighted by atomic mass is 10.0. The van der Waals surface area contributed by atoms with Crippen molar-refractivity contribution in [2.24, 2.45) is 0 Å². The van der Waals surface area contributed by atoms with Crippen LogP contribution in [0, 0.1) is 0 Å². The SMILES string of the molecule is CCCCCCCCCCCCCCCCCCC(C)[O]. The van der Waals surface area contributed by atoms with Crippen LogP contribution in [0.3, 0.4) is 0 Å². The molecule has 127 valence electrons. The lowest BCUT2D eigenvalue weighted by molar-refractivity contribution is 0.0950. The zero-order valence-electron chi connectivity index (χ0n) is 15.0. The molecule has 0 saturated carbocycles. The first-order chi connectivity index (χ1) is 10.3. The van der Waals surface area contributed by atoms with Crippen molar-refractivity contribution in [3.63, 3.8) is 0 Å². The number of rotatable bonds is 17. The van der Waals surface area contributed by atoms with E-state index >= 15 is 0 Å². The summed E-state index contributed by atoms with van der Waals surface area (Å²) in [6.45, 7) is 4.07. The Morgan fingerprint density at radius 1 is 0.524 bits per heavy atom. The normalized spacial score (nSPS) is 12.7. The van der Waals surface area contributed by atoms with Crippen LogP contribution < -0.4 is 0 Å². The average molecular weight is 298 g/mol. The summed E-state index contributed by atoms with van der Waals surface area (Å²) in [5.74, 6) is 0. The van der Waals surface area contributed by atoms with E-state index < -0.39 is 0 Å². The summed E-state index contributed by atoms with van der Waals surface area (Å²) in [4.78, 5) is 0. The van der Waals surface area contributed by atoms with Crippen LogP contribution in [0.4, 0.5) is 0 Å². The topological polar surface area (TPSA) is 19.9 Å². The van der Waals surface area contributed by atoms with Gasteiger partial charge in [0.15, 0.2) is 0 Å². The number of hydrogen-bond donors (Lipinski definition) is 0. The van der Waals surface area contributed by atoms with Crippen molar-refractivity contribution in [3.8, 4) is 0 Å². The molecule has 0 aliphatic heterocycles. The van der Waals surface area contributed by atoms with Gasteiger partial charge in [0.25, 0.3) is 0 Å². The second-order valence-electron chi connectivity index (χ2n) is 6.90. The van der Waals surface area contributed by atoms with Crippen LogP contribution in [0.5, 0.6) is 0 Å². The summed E-state index contributed by atoms with van der Waals surface area (Å²) < 4.78 is 0. The first-order valence-corrected chi connectivity index (χ1v) is 9.93. The molecule has 0 heterocycles. The van der Waals surface area contributed by atoms with Gasteiger partial charge in [0, 0.05) is 0 Å². The van der Waals surface area contributed by atoms with Crippen LogP contribution >= 0.6 is 0 Å². The molecule has 1 radical (unpaired) electrons. The number of hydrogen-bond acceptors (Lipinski definition) is 0. The summed E-state index contributed by atoms with van der Waals surface area (Å²) >= 11 is 0. The van der Waals surface area contributed by atoms with Crippen molar-refractivity contribution in [1.29, 1.82) is 0 Å². The van der Waals surface area contributed by atoms with Gasteiger partial charge in [0.1, 0.15) is 0 Å². The van der Waals surface area contributed by atoms with Gasteiger partial charge in [-0.1, -0.05) is 110 Å². The maximum absolute atomic E-state index is 10.9. The maximum Gasteiger partial charge on any atom is 0.0902 e. The highest BCUT2D eigenvalue weighted by Crippen LogP contribution is 2.14. The van der Waals surface area contributed by atoms with Crippen molar-refractivity contribution in [2.45, 2.75) is 129 Å². The molecule has 0 aromatic heterocycles. The quantitative estimate of drug-likeness (QED) is 0.248. The van der Waals surface area contributed by atoms with E-state index in [1.807, 2.05) is 0 Å². The Kier molecular flexibility index (Phi) is 18.0. The third-order valence-electron chi connectivity index (χ3n) is 4.46. The lowest BCUT2D eigenvalue weighted by Crippen LogP contribution is -1.95. The summed E-state index contributed by atoms with van der Waals surface area (Å²) in [5.41, 5.74) is 0. The van der Waals surface area contributed by atoms with Gasteiger partial charge in [-0.15, -0.1) is 0 Å². The van der Waals surface area contributed by atoms with Crippen molar-refractivity contribution in [2.75, 3.05) is 0 Å². The Morgan fingerprint density at radius 3 is 1.10 bits per heavy atom. The van der Waals surface area contributed by atoms with Gasteiger partial charge in [0.2, 0.25) is 0 Å². The lowest BCUT2D eigenvalue weighted by Gasteiger charge is -2.04. The Morgan fingerprint density at radius 2 is 0.810 bits per heavy atom. The van der Waals surface area contributed by atoms with Gasteiger partial charge >= 0.3 is 0 Å². The van der Waals surface area contributed by atoms with E-state index in [2.05, 4.69) is 6.92 Å². The molecule has 0 aliphatic rings. The van der Waals surface area contributed by atoms with Crippen molar-refractivity contribution >= 4 is 0 Å². The van der Waals surface area contributed by atoms with E-state index in [-0.39, 0.29) is 6.10 Å². The fourth-order valence-corrected chi connectivity index (χ4v) is 2.98. The molecular weight excluding hydrogens is 256 g/mol. The standard InChI is InChI=1S/C20H41O/c1-3-4-5-6-7-8-9-10-11-12-13-14-15-16-17-18-19-20(2)21/h20H,3-19H2,1-2H3. The Bertz CT molecular complexity index is 177. The van der Waals surface area contributed by atoms with Crippen LogP contribution in [0.2, 0.25) is 0 Å². The van der Waals surface area contributed by atoms with Crippen LogP contribution in [0.1, 0.15) is 123 Å². The molecule has 1 nitrogen and oxygen atoms in total. The minimum atomic E-state index is -0.350. The smallest absolute Gasteiger partial charge is 0.0902 e. The first-order valence-electron chi connectivity index (χ1n) is 9.93. The molecule has 1 heteroatoms. The largest absolute Gasteiger partial charge is 0.233 e. The second kappa shape index (κ2) is 18.0. The number of unbranched alkanes of at least 4 members (excludes halogenated alkanes) is 15. The molecule has 0 aromatic rings. The Balaban J connectivity index is 2.93. The predicted molar refractivity (Wildman–Crippen MR) is 94.3 cm³/mol. The minimum Gasteiger partial charge on any atom is -0.233 e. The molecule has 0 bridgehead atoms. The van der Waals surface area contributed by atoms with Crippen molar-refractivity contribution in [3.05, 3.63) is 0 Å². The van der Waals surface area contributed by atoms with Gasteiger partial charge in [-0.05, 0) is 13.3 Å². The van der Waals surface area contributed by atoms with Crippen molar-refractivity contribution < 1.29 is 5.11 Å². The van der Waals surface area contributed by atoms with Gasteiger partial charge < -0.3 is 0 Å². The zero-order valence-corrected chi connectivity index (χ0v) is 15.0. The third kappa shape index (κ3) is 20.0. The first kappa shape index (κ1) is 21.0. The fraction of sp³-hybridized carbons (Fsp3) is 1.00. The third-order valence-corrected chi connectivity index (χ3v) is 4.46. The molecule has 0 aromatic carbocycles. The van der Waals surface area contributed by atoms with E-state index in [1.54, 1.807) is 6.92 Å². The van der Waals surface area contributed by atoms with E-state index in [0.29, 0.717) is 0 Å². The van der Waals surface area contributed by atoms with Gasteiger partial charge in [-0.2, -0.15) is 0 Å². The Hall–Kier alpha value is -0.0400. The fourth-order valence-electron chi connectivity index (χ4n) is 2.98. The van der Waals surface area contributed by atoms with E-state index in [4.69, 9.17) is 0 Å². The van der Waals surface area contributed by atoms with Gasteiger partial charge in [-0.3, -0.25) is 0 Å². The molecule has 0 fully saturated rings. The van der Waals surface area contributed by atoms with Crippen LogP contribution in [-0.2, 0) is 5.11 Å². The molecule has 0 rings (SSSR count).